The van der Waals surface area contributed by atoms with Crippen LogP contribution in [0.5, 0.6) is 0 Å². The maximum absolute atomic E-state index is 13.1. The summed E-state index contributed by atoms with van der Waals surface area (Å²) in [7, 11) is 0. The molecule has 4 N–H and O–H groups in total. The highest BCUT2D eigenvalue weighted by Gasteiger charge is 2.20. The fourth-order valence-electron chi connectivity index (χ4n) is 3.20. The largest absolute Gasteiger partial charge is 0.328 e. The minimum atomic E-state index is -0.0955. The van der Waals surface area contributed by atoms with Crippen LogP contribution in [0.25, 0.3) is 0 Å². The van der Waals surface area contributed by atoms with Crippen molar-refractivity contribution in [2.24, 2.45) is 11.5 Å². The normalized spacial score (nSPS) is 13.1. The van der Waals surface area contributed by atoms with Gasteiger partial charge in [0.15, 0.2) is 0 Å². The number of Topliss-reactive ketones (excluding diaryl/α,β-unsaturated/α-hetero) is 1. The molecule has 0 bridgehead atoms. The van der Waals surface area contributed by atoms with Gasteiger partial charge in [-0.1, -0.05) is 55.5 Å². The summed E-state index contributed by atoms with van der Waals surface area (Å²) in [5.74, 6) is -0.0965. The van der Waals surface area contributed by atoms with Crippen molar-refractivity contribution >= 4 is 17.4 Å². The molecule has 1 rings (SSSR count). The van der Waals surface area contributed by atoms with Gasteiger partial charge in [-0.2, -0.15) is 0 Å². The summed E-state index contributed by atoms with van der Waals surface area (Å²) in [6.07, 6.45) is 7.57. The monoisotopic (exact) mass is 397 g/mol. The molecule has 5 nitrogen and oxygen atoms in total. The Morgan fingerprint density at radius 2 is 1.93 bits per heavy atom. The van der Waals surface area contributed by atoms with E-state index in [1.54, 1.807) is 11.0 Å². The minimum Gasteiger partial charge on any atom is -0.328 e. The fourth-order valence-corrected chi connectivity index (χ4v) is 3.20. The number of carbonyl (C=O) groups is 2. The number of hydrogen-bond acceptors (Lipinski definition) is 4. The molecule has 1 aromatic carbocycles. The Hall–Kier alpha value is -2.50. The minimum absolute atomic E-state index is 0.000988. The molecule has 158 valence electrons. The van der Waals surface area contributed by atoms with E-state index in [2.05, 4.69) is 13.5 Å². The van der Waals surface area contributed by atoms with Gasteiger partial charge in [0.1, 0.15) is 5.78 Å². The van der Waals surface area contributed by atoms with E-state index in [0.29, 0.717) is 13.1 Å². The molecule has 1 unspecified atom stereocenters. The van der Waals surface area contributed by atoms with Crippen LogP contribution < -0.4 is 16.4 Å². The Balaban J connectivity index is 3.43. The van der Waals surface area contributed by atoms with Crippen LogP contribution in [-0.2, 0) is 16.1 Å². The Bertz CT molecular complexity index is 763. The van der Waals surface area contributed by atoms with Crippen molar-refractivity contribution in [1.29, 1.82) is 0 Å². The molecule has 1 aromatic rings. The standard InChI is InChI=1S/C24H35N3O2/c1-5-7-10-22(20(6-2)15-18(3)26)17-27(24(29)14-13-19(4)28)23-12-9-8-11-21(23)16-25/h5,7-12,18H,1,6,13-17,25-26H2,2-4H3/b10-7-,22-20-. The van der Waals surface area contributed by atoms with E-state index in [4.69, 9.17) is 11.5 Å². The Morgan fingerprint density at radius 1 is 1.24 bits per heavy atom. The van der Waals surface area contributed by atoms with E-state index in [0.717, 1.165) is 29.7 Å². The summed E-state index contributed by atoms with van der Waals surface area (Å²) >= 11 is 0. The second kappa shape index (κ2) is 12.9. The summed E-state index contributed by atoms with van der Waals surface area (Å²) in [5, 5.41) is 0. The second-order valence-electron chi connectivity index (χ2n) is 7.27. The number of nitrogens with two attached hydrogens (primary N) is 2. The van der Waals surface area contributed by atoms with Crippen LogP contribution in [0.2, 0.25) is 0 Å². The Morgan fingerprint density at radius 3 is 2.48 bits per heavy atom. The number of hydrogen-bond donors (Lipinski definition) is 2. The number of ketones is 1. The summed E-state index contributed by atoms with van der Waals surface area (Å²) < 4.78 is 0. The number of anilines is 1. The molecule has 0 aliphatic heterocycles. The van der Waals surface area contributed by atoms with E-state index in [1.807, 2.05) is 43.3 Å². The highest BCUT2D eigenvalue weighted by molar-refractivity contribution is 5.96. The number of rotatable bonds is 12. The first kappa shape index (κ1) is 24.5. The van der Waals surface area contributed by atoms with Gasteiger partial charge in [-0.05, 0) is 43.9 Å². The number of allylic oxidation sites excluding steroid dienone is 2. The first-order chi connectivity index (χ1) is 13.8. The van der Waals surface area contributed by atoms with Gasteiger partial charge in [-0.3, -0.25) is 4.79 Å². The van der Waals surface area contributed by atoms with Crippen LogP contribution in [0, 0.1) is 0 Å². The topological polar surface area (TPSA) is 89.4 Å². The molecule has 0 saturated carbocycles. The molecule has 1 atom stereocenters. The van der Waals surface area contributed by atoms with Crippen LogP contribution in [0.3, 0.4) is 0 Å². The van der Waals surface area contributed by atoms with Crippen LogP contribution in [0.1, 0.15) is 52.0 Å². The van der Waals surface area contributed by atoms with Crippen LogP contribution in [0.15, 0.2) is 60.2 Å². The van der Waals surface area contributed by atoms with Crippen LogP contribution in [0.4, 0.5) is 5.69 Å². The zero-order valence-electron chi connectivity index (χ0n) is 18.0. The molecular weight excluding hydrogens is 362 g/mol. The Labute approximate surface area is 175 Å². The number of nitrogens with zero attached hydrogens (tertiary/aromatic N) is 1. The van der Waals surface area contributed by atoms with Crippen molar-refractivity contribution in [3.05, 3.63) is 65.8 Å². The van der Waals surface area contributed by atoms with Gasteiger partial charge < -0.3 is 21.2 Å². The average Bonchev–Trinajstić information content (AvgIpc) is 2.70. The third kappa shape index (κ3) is 8.18. The van der Waals surface area contributed by atoms with Gasteiger partial charge in [-0.15, -0.1) is 0 Å². The maximum atomic E-state index is 13.1. The van der Waals surface area contributed by atoms with Crippen molar-refractivity contribution in [2.75, 3.05) is 11.4 Å². The van der Waals surface area contributed by atoms with Crippen molar-refractivity contribution in [2.45, 2.75) is 59.0 Å². The predicted octanol–water partition coefficient (Wildman–Crippen LogP) is 4.03. The second-order valence-corrected chi connectivity index (χ2v) is 7.27. The third-order valence-corrected chi connectivity index (χ3v) is 4.71. The molecule has 0 spiro atoms. The molecule has 1 amide bonds. The summed E-state index contributed by atoms with van der Waals surface area (Å²) in [6, 6.07) is 7.65. The molecular formula is C24H35N3O2. The zero-order valence-corrected chi connectivity index (χ0v) is 18.0. The van der Waals surface area contributed by atoms with Gasteiger partial charge >= 0.3 is 0 Å². The van der Waals surface area contributed by atoms with E-state index >= 15 is 0 Å². The molecule has 0 radical (unpaired) electrons. The molecule has 29 heavy (non-hydrogen) atoms. The number of amides is 1. The molecule has 5 heteroatoms. The van der Waals surface area contributed by atoms with Gasteiger partial charge in [0.25, 0.3) is 0 Å². The summed E-state index contributed by atoms with van der Waals surface area (Å²) in [4.78, 5) is 26.3. The smallest absolute Gasteiger partial charge is 0.227 e. The third-order valence-electron chi connectivity index (χ3n) is 4.71. The van der Waals surface area contributed by atoms with Crippen molar-refractivity contribution in [1.82, 2.24) is 0 Å². The first-order valence-corrected chi connectivity index (χ1v) is 10.2. The lowest BCUT2D eigenvalue weighted by Crippen LogP contribution is -2.34. The van der Waals surface area contributed by atoms with Crippen LogP contribution in [-0.4, -0.2) is 24.3 Å². The number of para-hydroxylation sites is 1. The number of carbonyl (C=O) groups excluding carboxylic acids is 2. The lowest BCUT2D eigenvalue weighted by atomic mass is 9.97. The van der Waals surface area contributed by atoms with Gasteiger partial charge in [0, 0.05) is 31.1 Å². The van der Waals surface area contributed by atoms with E-state index in [1.165, 1.54) is 12.5 Å². The van der Waals surface area contributed by atoms with E-state index in [-0.39, 0.29) is 30.6 Å². The maximum Gasteiger partial charge on any atom is 0.227 e. The van der Waals surface area contributed by atoms with Crippen molar-refractivity contribution < 1.29 is 9.59 Å². The lowest BCUT2D eigenvalue weighted by molar-refractivity contribution is -0.122. The fraction of sp³-hybridized carbons (Fsp3) is 0.417. The van der Waals surface area contributed by atoms with Gasteiger partial charge in [-0.25, -0.2) is 0 Å². The SMILES string of the molecule is C=C/C=C\C(CN(C(=O)CCC(C)=O)c1ccccc1CN)=C(/CC)CC(C)N. The summed E-state index contributed by atoms with van der Waals surface area (Å²) in [5.41, 5.74) is 15.9. The van der Waals surface area contributed by atoms with E-state index < -0.39 is 0 Å². The van der Waals surface area contributed by atoms with E-state index in [9.17, 15) is 9.59 Å². The van der Waals surface area contributed by atoms with Crippen molar-refractivity contribution in [3.63, 3.8) is 0 Å². The molecule has 0 aromatic heterocycles. The molecule has 0 saturated heterocycles. The van der Waals surface area contributed by atoms with Crippen LogP contribution >= 0.6 is 0 Å². The first-order valence-electron chi connectivity index (χ1n) is 10.2. The predicted molar refractivity (Wildman–Crippen MR) is 122 cm³/mol. The zero-order chi connectivity index (χ0) is 21.8. The van der Waals surface area contributed by atoms with Gasteiger partial charge in [0.2, 0.25) is 5.91 Å². The Kier molecular flexibility index (Phi) is 10.9. The quantitative estimate of drug-likeness (QED) is 0.521. The van der Waals surface area contributed by atoms with Gasteiger partial charge in [0.05, 0.1) is 6.54 Å². The highest BCUT2D eigenvalue weighted by Crippen LogP contribution is 2.25. The summed E-state index contributed by atoms with van der Waals surface area (Å²) in [6.45, 7) is 10.1. The molecule has 0 fully saturated rings. The molecule has 0 heterocycles. The van der Waals surface area contributed by atoms with Crippen molar-refractivity contribution in [3.8, 4) is 0 Å². The molecule has 0 aliphatic rings. The lowest BCUT2D eigenvalue weighted by Gasteiger charge is -2.27. The highest BCUT2D eigenvalue weighted by atomic mass is 16.2. The average molecular weight is 398 g/mol. The number of benzene rings is 1. The molecule has 0 aliphatic carbocycles.